The van der Waals surface area contributed by atoms with Crippen LogP contribution in [0.15, 0.2) is 24.3 Å². The molecule has 1 atom stereocenters. The highest BCUT2D eigenvalue weighted by Gasteiger charge is 2.28. The van der Waals surface area contributed by atoms with Crippen molar-refractivity contribution in [2.45, 2.75) is 45.8 Å². The zero-order chi connectivity index (χ0) is 16.1. The Bertz CT molecular complexity index is 547. The maximum absolute atomic E-state index is 11.9. The lowest BCUT2D eigenvalue weighted by atomic mass is 10.1. The van der Waals surface area contributed by atoms with E-state index in [9.17, 15) is 4.79 Å². The molecule has 0 aliphatic heterocycles. The normalized spacial score (nSPS) is 15.9. The van der Waals surface area contributed by atoms with E-state index < -0.39 is 0 Å². The van der Waals surface area contributed by atoms with E-state index in [-0.39, 0.29) is 18.1 Å². The topological polar surface area (TPSA) is 47.6 Å². The molecular weight excluding hydrogens is 278 g/mol. The van der Waals surface area contributed by atoms with Gasteiger partial charge in [0.25, 0.3) is 0 Å². The summed E-state index contributed by atoms with van der Waals surface area (Å²) in [6.07, 6.45) is 5.89. The molecule has 0 saturated heterocycles. The van der Waals surface area contributed by atoms with Crippen LogP contribution in [-0.4, -0.2) is 25.2 Å². The Morgan fingerprint density at radius 1 is 1.27 bits per heavy atom. The van der Waals surface area contributed by atoms with E-state index in [1.807, 2.05) is 32.0 Å². The fraction of sp³-hybridized carbons (Fsp3) is 0.500. The van der Waals surface area contributed by atoms with Crippen molar-refractivity contribution in [3.63, 3.8) is 0 Å². The van der Waals surface area contributed by atoms with Gasteiger partial charge in [0, 0.05) is 12.1 Å². The Balaban J connectivity index is 1.99. The molecule has 0 radical (unpaired) electrons. The van der Waals surface area contributed by atoms with Gasteiger partial charge in [0.1, 0.15) is 0 Å². The van der Waals surface area contributed by atoms with Gasteiger partial charge in [0.05, 0.1) is 13.2 Å². The SMILES string of the molecule is COc1cc(/C=C\C(=O)NC(C)C2CC2)ccc1OC(C)C. The van der Waals surface area contributed by atoms with Crippen LogP contribution in [0.3, 0.4) is 0 Å². The highest BCUT2D eigenvalue weighted by atomic mass is 16.5. The third kappa shape index (κ3) is 4.79. The second-order valence-electron chi connectivity index (χ2n) is 6.04. The number of benzene rings is 1. The van der Waals surface area contributed by atoms with Gasteiger partial charge in [-0.3, -0.25) is 4.79 Å². The molecule has 0 aromatic heterocycles. The molecular formula is C18H25NO3. The van der Waals surface area contributed by atoms with Crippen molar-refractivity contribution in [2.75, 3.05) is 7.11 Å². The first kappa shape index (κ1) is 16.4. The van der Waals surface area contributed by atoms with Gasteiger partial charge in [-0.15, -0.1) is 0 Å². The Kier molecular flexibility index (Phi) is 5.47. The number of amides is 1. The Morgan fingerprint density at radius 2 is 2.00 bits per heavy atom. The first-order valence-electron chi connectivity index (χ1n) is 7.83. The number of rotatable bonds is 7. The summed E-state index contributed by atoms with van der Waals surface area (Å²) in [5.74, 6) is 1.98. The molecule has 1 fully saturated rings. The molecule has 2 rings (SSSR count). The molecule has 0 bridgehead atoms. The summed E-state index contributed by atoms with van der Waals surface area (Å²) >= 11 is 0. The van der Waals surface area contributed by atoms with Crippen molar-refractivity contribution in [1.82, 2.24) is 5.32 Å². The van der Waals surface area contributed by atoms with E-state index in [1.165, 1.54) is 12.8 Å². The van der Waals surface area contributed by atoms with Crippen molar-refractivity contribution < 1.29 is 14.3 Å². The van der Waals surface area contributed by atoms with Crippen molar-refractivity contribution in [3.05, 3.63) is 29.8 Å². The van der Waals surface area contributed by atoms with Gasteiger partial charge in [-0.05, 0) is 63.3 Å². The third-order valence-corrected chi connectivity index (χ3v) is 3.68. The maximum Gasteiger partial charge on any atom is 0.244 e. The number of ether oxygens (including phenoxy) is 2. The number of nitrogens with one attached hydrogen (secondary N) is 1. The van der Waals surface area contributed by atoms with Crippen molar-refractivity contribution in [2.24, 2.45) is 5.92 Å². The van der Waals surface area contributed by atoms with Crippen LogP contribution in [0.5, 0.6) is 11.5 Å². The molecule has 1 aliphatic rings. The summed E-state index contributed by atoms with van der Waals surface area (Å²) in [6.45, 7) is 6.00. The number of hydrogen-bond acceptors (Lipinski definition) is 3. The van der Waals surface area contributed by atoms with Crippen LogP contribution < -0.4 is 14.8 Å². The van der Waals surface area contributed by atoms with E-state index >= 15 is 0 Å². The first-order valence-corrected chi connectivity index (χ1v) is 7.83. The number of methoxy groups -OCH3 is 1. The van der Waals surface area contributed by atoms with E-state index in [0.29, 0.717) is 17.4 Å². The quantitative estimate of drug-likeness (QED) is 0.785. The molecule has 4 nitrogen and oxygen atoms in total. The fourth-order valence-corrected chi connectivity index (χ4v) is 2.30. The Hall–Kier alpha value is -1.97. The summed E-state index contributed by atoms with van der Waals surface area (Å²) in [4.78, 5) is 11.9. The summed E-state index contributed by atoms with van der Waals surface area (Å²) in [5, 5.41) is 3.00. The number of carbonyl (C=O) groups is 1. The maximum atomic E-state index is 11.9. The van der Waals surface area contributed by atoms with Crippen LogP contribution in [0, 0.1) is 5.92 Å². The minimum absolute atomic E-state index is 0.0547. The molecule has 1 amide bonds. The van der Waals surface area contributed by atoms with Crippen molar-refractivity contribution in [3.8, 4) is 11.5 Å². The van der Waals surface area contributed by atoms with Gasteiger partial charge >= 0.3 is 0 Å². The molecule has 4 heteroatoms. The van der Waals surface area contributed by atoms with Crippen molar-refractivity contribution in [1.29, 1.82) is 0 Å². The van der Waals surface area contributed by atoms with Crippen LogP contribution in [0.25, 0.3) is 6.08 Å². The van der Waals surface area contributed by atoms with Crippen LogP contribution in [-0.2, 0) is 4.79 Å². The summed E-state index contributed by atoms with van der Waals surface area (Å²) < 4.78 is 11.0. The molecule has 22 heavy (non-hydrogen) atoms. The summed E-state index contributed by atoms with van der Waals surface area (Å²) in [7, 11) is 1.61. The minimum atomic E-state index is -0.0547. The Labute approximate surface area is 132 Å². The van der Waals surface area contributed by atoms with Gasteiger partial charge in [-0.2, -0.15) is 0 Å². The molecule has 1 aromatic rings. The first-order chi connectivity index (χ1) is 10.5. The van der Waals surface area contributed by atoms with E-state index in [1.54, 1.807) is 19.3 Å². The highest BCUT2D eigenvalue weighted by Crippen LogP contribution is 2.32. The van der Waals surface area contributed by atoms with Crippen LogP contribution in [0.2, 0.25) is 0 Å². The van der Waals surface area contributed by atoms with Crippen LogP contribution >= 0.6 is 0 Å². The Morgan fingerprint density at radius 3 is 2.59 bits per heavy atom. The van der Waals surface area contributed by atoms with Gasteiger partial charge < -0.3 is 14.8 Å². The lowest BCUT2D eigenvalue weighted by Crippen LogP contribution is -2.32. The van der Waals surface area contributed by atoms with E-state index in [2.05, 4.69) is 12.2 Å². The number of carbonyl (C=O) groups excluding carboxylic acids is 1. The largest absolute Gasteiger partial charge is 0.493 e. The molecule has 1 aliphatic carbocycles. The van der Waals surface area contributed by atoms with Gasteiger partial charge in [-0.1, -0.05) is 6.07 Å². The van der Waals surface area contributed by atoms with Gasteiger partial charge in [0.2, 0.25) is 5.91 Å². The molecule has 0 heterocycles. The van der Waals surface area contributed by atoms with Crippen LogP contribution in [0.4, 0.5) is 0 Å². The molecule has 1 saturated carbocycles. The third-order valence-electron chi connectivity index (χ3n) is 3.68. The zero-order valence-corrected chi connectivity index (χ0v) is 13.8. The van der Waals surface area contributed by atoms with E-state index in [0.717, 1.165) is 5.56 Å². The standard InChI is InChI=1S/C18H25NO3/c1-12(2)22-16-9-5-14(11-17(16)21-4)6-10-18(20)19-13(3)15-7-8-15/h5-6,9-13,15H,7-8H2,1-4H3,(H,19,20)/b10-6-. The molecule has 120 valence electrons. The monoisotopic (exact) mass is 303 g/mol. The fourth-order valence-electron chi connectivity index (χ4n) is 2.30. The van der Waals surface area contributed by atoms with Crippen LogP contribution in [0.1, 0.15) is 39.2 Å². The second kappa shape index (κ2) is 7.34. The summed E-state index contributed by atoms with van der Waals surface area (Å²) in [5.41, 5.74) is 0.905. The van der Waals surface area contributed by atoms with E-state index in [4.69, 9.17) is 9.47 Å². The predicted octanol–water partition coefficient (Wildman–Crippen LogP) is 3.41. The lowest BCUT2D eigenvalue weighted by molar-refractivity contribution is -0.117. The highest BCUT2D eigenvalue weighted by molar-refractivity contribution is 5.92. The molecule has 1 aromatic carbocycles. The van der Waals surface area contributed by atoms with Gasteiger partial charge in [0.15, 0.2) is 11.5 Å². The molecule has 1 unspecified atom stereocenters. The second-order valence-corrected chi connectivity index (χ2v) is 6.04. The minimum Gasteiger partial charge on any atom is -0.493 e. The molecule has 0 spiro atoms. The lowest BCUT2D eigenvalue weighted by Gasteiger charge is -2.14. The number of hydrogen-bond donors (Lipinski definition) is 1. The van der Waals surface area contributed by atoms with Gasteiger partial charge in [-0.25, -0.2) is 0 Å². The average molecular weight is 303 g/mol. The average Bonchev–Trinajstić information content (AvgIpc) is 3.30. The van der Waals surface area contributed by atoms with Crippen molar-refractivity contribution >= 4 is 12.0 Å². The smallest absolute Gasteiger partial charge is 0.244 e. The molecule has 1 N–H and O–H groups in total. The zero-order valence-electron chi connectivity index (χ0n) is 13.8. The summed E-state index contributed by atoms with van der Waals surface area (Å²) in [6, 6.07) is 5.90. The predicted molar refractivity (Wildman–Crippen MR) is 88.1 cm³/mol.